The summed E-state index contributed by atoms with van der Waals surface area (Å²) < 4.78 is 16.3. The van der Waals surface area contributed by atoms with Crippen molar-refractivity contribution in [2.45, 2.75) is 6.92 Å². The number of aryl methyl sites for hydroxylation is 1. The lowest BCUT2D eigenvalue weighted by Gasteiger charge is -2.36. The van der Waals surface area contributed by atoms with E-state index in [1.165, 1.54) is 22.1 Å². The Labute approximate surface area is 198 Å². The lowest BCUT2D eigenvalue weighted by atomic mass is 10.1. The fourth-order valence-corrected chi connectivity index (χ4v) is 5.59. The van der Waals surface area contributed by atoms with Crippen molar-refractivity contribution in [3.63, 3.8) is 0 Å². The number of carbonyl (C=O) groups excluding carboxylic acids is 1. The number of thiophene rings is 1. The van der Waals surface area contributed by atoms with Gasteiger partial charge in [-0.2, -0.15) is 9.78 Å². The van der Waals surface area contributed by atoms with Crippen LogP contribution in [0.2, 0.25) is 5.02 Å². The van der Waals surface area contributed by atoms with Crippen LogP contribution < -0.4 is 10.5 Å². The summed E-state index contributed by atoms with van der Waals surface area (Å²) in [5, 5.41) is 4.91. The molecule has 1 fully saturated rings. The van der Waals surface area contributed by atoms with E-state index < -0.39 is 0 Å². The molecule has 5 rings (SSSR count). The number of hydrogen-bond acceptors (Lipinski definition) is 5. The maximum Gasteiger partial charge on any atom is 0.292 e. The third-order valence-corrected chi connectivity index (χ3v) is 7.51. The minimum absolute atomic E-state index is 0.100. The molecule has 4 aromatic rings. The number of fused-ring (bicyclic) bond motifs is 1. The summed E-state index contributed by atoms with van der Waals surface area (Å²) in [6.45, 7) is 3.75. The number of para-hydroxylation sites is 1. The summed E-state index contributed by atoms with van der Waals surface area (Å²) in [6.07, 6.45) is 1.59. The fraction of sp³-hybridized carbons (Fsp3) is 0.208. The van der Waals surface area contributed by atoms with Gasteiger partial charge in [0, 0.05) is 36.3 Å². The molecule has 2 aromatic heterocycles. The standard InChI is InChI=1S/C24H20ClFN4O2S/c1-15-20-17(26)8-5-9-19(20)33-22(15)24(32)29-12-10-28(11-13-29)18-14-27-30(23(31)21(18)25)16-6-3-2-4-7-16/h2-9,14H,10-13H2,1H3. The van der Waals surface area contributed by atoms with E-state index in [1.54, 1.807) is 36.2 Å². The van der Waals surface area contributed by atoms with Crippen molar-refractivity contribution in [2.75, 3.05) is 31.1 Å². The third-order valence-electron chi connectivity index (χ3n) is 5.91. The normalized spacial score (nSPS) is 14.2. The highest BCUT2D eigenvalue weighted by Gasteiger charge is 2.27. The number of hydrogen-bond donors (Lipinski definition) is 0. The van der Waals surface area contributed by atoms with Gasteiger partial charge < -0.3 is 9.80 Å². The van der Waals surface area contributed by atoms with Gasteiger partial charge >= 0.3 is 0 Å². The van der Waals surface area contributed by atoms with Crippen LogP contribution in [0.5, 0.6) is 0 Å². The van der Waals surface area contributed by atoms with Crippen LogP contribution >= 0.6 is 22.9 Å². The Balaban J connectivity index is 1.34. The van der Waals surface area contributed by atoms with Crippen molar-refractivity contribution in [3.05, 3.63) is 86.4 Å². The van der Waals surface area contributed by atoms with Crippen molar-refractivity contribution in [3.8, 4) is 5.69 Å². The monoisotopic (exact) mass is 482 g/mol. The first-order chi connectivity index (χ1) is 16.0. The third kappa shape index (κ3) is 3.79. The zero-order valence-electron chi connectivity index (χ0n) is 17.8. The van der Waals surface area contributed by atoms with Crippen molar-refractivity contribution in [2.24, 2.45) is 0 Å². The van der Waals surface area contributed by atoms with Crippen LogP contribution in [0, 0.1) is 12.7 Å². The summed E-state index contributed by atoms with van der Waals surface area (Å²) >= 11 is 7.75. The summed E-state index contributed by atoms with van der Waals surface area (Å²) in [7, 11) is 0. The molecule has 1 amide bonds. The lowest BCUT2D eigenvalue weighted by Crippen LogP contribution is -2.49. The second kappa shape index (κ2) is 8.61. The smallest absolute Gasteiger partial charge is 0.292 e. The largest absolute Gasteiger partial charge is 0.365 e. The molecule has 1 aliphatic rings. The Morgan fingerprint density at radius 3 is 2.48 bits per heavy atom. The van der Waals surface area contributed by atoms with E-state index >= 15 is 0 Å². The van der Waals surface area contributed by atoms with Gasteiger partial charge in [-0.25, -0.2) is 4.39 Å². The lowest BCUT2D eigenvalue weighted by molar-refractivity contribution is 0.0751. The first-order valence-electron chi connectivity index (χ1n) is 10.5. The van der Waals surface area contributed by atoms with Crippen LogP contribution in [-0.2, 0) is 0 Å². The molecular weight excluding hydrogens is 463 g/mol. The van der Waals surface area contributed by atoms with Crippen molar-refractivity contribution >= 4 is 44.6 Å². The number of carbonyl (C=O) groups is 1. The average molecular weight is 483 g/mol. The molecule has 0 saturated carbocycles. The second-order valence-electron chi connectivity index (χ2n) is 7.84. The van der Waals surface area contributed by atoms with Crippen LogP contribution in [0.25, 0.3) is 15.8 Å². The Morgan fingerprint density at radius 2 is 1.79 bits per heavy atom. The Bertz CT molecular complexity index is 1410. The molecule has 0 bridgehead atoms. The maximum absolute atomic E-state index is 14.2. The van der Waals surface area contributed by atoms with Crippen LogP contribution in [0.4, 0.5) is 10.1 Å². The van der Waals surface area contributed by atoms with Crippen molar-refractivity contribution in [1.82, 2.24) is 14.7 Å². The summed E-state index contributed by atoms with van der Waals surface area (Å²) in [5.41, 5.74) is 1.49. The predicted molar refractivity (Wildman–Crippen MR) is 129 cm³/mol. The molecule has 1 saturated heterocycles. The molecule has 1 aliphatic heterocycles. The quantitative estimate of drug-likeness (QED) is 0.431. The Kier molecular flexibility index (Phi) is 5.64. The molecule has 0 aliphatic carbocycles. The molecule has 0 radical (unpaired) electrons. The van der Waals surface area contributed by atoms with Crippen LogP contribution in [0.1, 0.15) is 15.2 Å². The highest BCUT2D eigenvalue weighted by molar-refractivity contribution is 7.21. The van der Waals surface area contributed by atoms with E-state index in [2.05, 4.69) is 5.10 Å². The van der Waals surface area contributed by atoms with Crippen molar-refractivity contribution < 1.29 is 9.18 Å². The van der Waals surface area contributed by atoms with Gasteiger partial charge in [-0.1, -0.05) is 35.9 Å². The van der Waals surface area contributed by atoms with E-state index in [0.29, 0.717) is 53.4 Å². The van der Waals surface area contributed by atoms with Crippen molar-refractivity contribution in [1.29, 1.82) is 0 Å². The van der Waals surface area contributed by atoms with E-state index in [1.807, 2.05) is 29.2 Å². The van der Waals surface area contributed by atoms with Gasteiger partial charge in [0.2, 0.25) is 0 Å². The second-order valence-corrected chi connectivity index (χ2v) is 9.27. The Morgan fingerprint density at radius 1 is 1.06 bits per heavy atom. The van der Waals surface area contributed by atoms with Gasteiger partial charge in [-0.05, 0) is 36.8 Å². The number of benzene rings is 2. The summed E-state index contributed by atoms with van der Waals surface area (Å²) in [6, 6.07) is 14.0. The number of halogens is 2. The van der Waals surface area contributed by atoms with Gasteiger partial charge in [0.15, 0.2) is 0 Å². The average Bonchev–Trinajstić information content (AvgIpc) is 3.18. The number of nitrogens with zero attached hydrogens (tertiary/aromatic N) is 4. The molecule has 0 atom stereocenters. The van der Waals surface area contributed by atoms with Crippen LogP contribution in [0.3, 0.4) is 0 Å². The molecule has 9 heteroatoms. The molecule has 33 heavy (non-hydrogen) atoms. The molecule has 2 aromatic carbocycles. The minimum atomic E-state index is -0.387. The maximum atomic E-state index is 14.2. The summed E-state index contributed by atoms with van der Waals surface area (Å²) in [4.78, 5) is 30.3. The predicted octanol–water partition coefficient (Wildman–Crippen LogP) is 4.51. The topological polar surface area (TPSA) is 58.4 Å². The first kappa shape index (κ1) is 21.6. The molecule has 6 nitrogen and oxygen atoms in total. The molecule has 3 heterocycles. The zero-order chi connectivity index (χ0) is 23.1. The highest BCUT2D eigenvalue weighted by atomic mass is 35.5. The fourth-order valence-electron chi connectivity index (χ4n) is 4.15. The molecule has 0 spiro atoms. The number of piperazine rings is 1. The van der Waals surface area contributed by atoms with E-state index in [-0.39, 0.29) is 22.3 Å². The first-order valence-corrected chi connectivity index (χ1v) is 11.7. The van der Waals surface area contributed by atoms with E-state index in [9.17, 15) is 14.0 Å². The van der Waals surface area contributed by atoms with Gasteiger partial charge in [0.1, 0.15) is 10.8 Å². The minimum Gasteiger partial charge on any atom is -0.365 e. The molecule has 0 unspecified atom stereocenters. The van der Waals surface area contributed by atoms with Gasteiger partial charge in [-0.15, -0.1) is 11.3 Å². The highest BCUT2D eigenvalue weighted by Crippen LogP contribution is 2.33. The van der Waals surface area contributed by atoms with Gasteiger partial charge in [0.05, 0.1) is 22.4 Å². The Hall–Kier alpha value is -3.23. The molecule has 0 N–H and O–H groups in total. The number of aromatic nitrogens is 2. The summed E-state index contributed by atoms with van der Waals surface area (Å²) in [5.74, 6) is -0.408. The number of rotatable bonds is 3. The van der Waals surface area contributed by atoms with Crippen LogP contribution in [0.15, 0.2) is 59.5 Å². The van der Waals surface area contributed by atoms with E-state index in [4.69, 9.17) is 11.6 Å². The van der Waals surface area contributed by atoms with Crippen LogP contribution in [-0.4, -0.2) is 46.8 Å². The van der Waals surface area contributed by atoms with E-state index in [0.717, 1.165) is 4.70 Å². The van der Waals surface area contributed by atoms with Gasteiger partial charge in [0.25, 0.3) is 11.5 Å². The van der Waals surface area contributed by atoms with Gasteiger partial charge in [-0.3, -0.25) is 9.59 Å². The SMILES string of the molecule is Cc1c(C(=O)N2CCN(c3cnn(-c4ccccc4)c(=O)c3Cl)CC2)sc2cccc(F)c12. The number of anilines is 1. The molecular formula is C24H20ClFN4O2S. The molecule has 168 valence electrons. The zero-order valence-corrected chi connectivity index (χ0v) is 19.4. The number of amides is 1.